The molecule has 0 bridgehead atoms. The number of hydrogen-bond acceptors (Lipinski definition) is 4. The van der Waals surface area contributed by atoms with Gasteiger partial charge in [0.15, 0.2) is 5.75 Å². The molecular weight excluding hydrogens is 351 g/mol. The van der Waals surface area contributed by atoms with Crippen molar-refractivity contribution in [2.75, 3.05) is 11.1 Å². The van der Waals surface area contributed by atoms with Crippen LogP contribution in [0.4, 0.5) is 30.4 Å². The number of ether oxygens (including phenoxy) is 1. The van der Waals surface area contributed by atoms with Crippen molar-refractivity contribution in [1.29, 1.82) is 0 Å². The molecule has 0 aliphatic rings. The second-order valence-corrected chi connectivity index (χ2v) is 5.16. The molecule has 0 radical (unpaired) electrons. The molecule has 4 nitrogen and oxygen atoms in total. The van der Waals surface area contributed by atoms with Gasteiger partial charge in [-0.05, 0) is 30.7 Å². The second-order valence-electron chi connectivity index (χ2n) is 4.24. The highest BCUT2D eigenvalue weighted by molar-refractivity contribution is 9.10. The predicted octanol–water partition coefficient (Wildman–Crippen LogP) is 4.38. The van der Waals surface area contributed by atoms with Crippen molar-refractivity contribution < 1.29 is 17.9 Å². The van der Waals surface area contributed by atoms with Crippen LogP contribution in [0.3, 0.4) is 0 Å². The van der Waals surface area contributed by atoms with Crippen LogP contribution in [-0.4, -0.2) is 11.3 Å². The number of pyridine rings is 1. The lowest BCUT2D eigenvalue weighted by molar-refractivity contribution is -0.274. The maximum atomic E-state index is 12.4. The highest BCUT2D eigenvalue weighted by Crippen LogP contribution is 2.34. The van der Waals surface area contributed by atoms with Crippen LogP contribution in [-0.2, 0) is 0 Å². The van der Waals surface area contributed by atoms with Gasteiger partial charge >= 0.3 is 6.36 Å². The molecule has 0 atom stereocenters. The van der Waals surface area contributed by atoms with Crippen LogP contribution >= 0.6 is 15.9 Å². The lowest BCUT2D eigenvalue weighted by atomic mass is 10.2. The minimum atomic E-state index is -4.78. The summed E-state index contributed by atoms with van der Waals surface area (Å²) in [7, 11) is 0. The Morgan fingerprint density at radius 2 is 2.00 bits per heavy atom. The van der Waals surface area contributed by atoms with E-state index in [0.717, 1.165) is 5.56 Å². The molecule has 0 spiro atoms. The number of rotatable bonds is 3. The standard InChI is InChI=1S/C13H11BrF3N3O/c1-7-6-19-12(5-9(7)18)20-10-3-2-8(14)4-11(10)21-13(15,16)17/h2-6H,1H3,(H3,18,19,20). The van der Waals surface area contributed by atoms with E-state index in [4.69, 9.17) is 5.73 Å². The van der Waals surface area contributed by atoms with Gasteiger partial charge in [-0.2, -0.15) is 0 Å². The number of aromatic nitrogens is 1. The third-order valence-corrected chi connectivity index (χ3v) is 3.07. The first-order valence-electron chi connectivity index (χ1n) is 5.79. The predicted molar refractivity (Wildman–Crippen MR) is 77.5 cm³/mol. The van der Waals surface area contributed by atoms with E-state index < -0.39 is 6.36 Å². The average Bonchev–Trinajstić information content (AvgIpc) is 2.35. The zero-order valence-corrected chi connectivity index (χ0v) is 12.4. The summed E-state index contributed by atoms with van der Waals surface area (Å²) < 4.78 is 41.7. The molecule has 2 aromatic rings. The van der Waals surface area contributed by atoms with Crippen LogP contribution in [0.25, 0.3) is 0 Å². The van der Waals surface area contributed by atoms with Gasteiger partial charge in [-0.25, -0.2) is 4.98 Å². The van der Waals surface area contributed by atoms with E-state index in [-0.39, 0.29) is 11.4 Å². The summed E-state index contributed by atoms with van der Waals surface area (Å²) in [6, 6.07) is 5.79. The van der Waals surface area contributed by atoms with Gasteiger partial charge < -0.3 is 15.8 Å². The van der Waals surface area contributed by atoms with Crippen LogP contribution in [0.5, 0.6) is 5.75 Å². The Bertz CT molecular complexity index is 662. The van der Waals surface area contributed by atoms with Gasteiger partial charge in [-0.15, -0.1) is 13.2 Å². The molecular formula is C13H11BrF3N3O. The van der Waals surface area contributed by atoms with Crippen LogP contribution in [0, 0.1) is 6.92 Å². The van der Waals surface area contributed by atoms with Gasteiger partial charge in [0.1, 0.15) is 5.82 Å². The maximum Gasteiger partial charge on any atom is 0.573 e. The van der Waals surface area contributed by atoms with Crippen molar-refractivity contribution >= 4 is 33.1 Å². The van der Waals surface area contributed by atoms with E-state index in [1.807, 2.05) is 0 Å². The first-order valence-corrected chi connectivity index (χ1v) is 6.58. The van der Waals surface area contributed by atoms with Gasteiger partial charge in [0.25, 0.3) is 0 Å². The van der Waals surface area contributed by atoms with Crippen LogP contribution in [0.1, 0.15) is 5.56 Å². The van der Waals surface area contributed by atoms with Gasteiger partial charge in [0.05, 0.1) is 5.69 Å². The minimum Gasteiger partial charge on any atom is -0.404 e. The molecule has 0 amide bonds. The molecule has 1 aromatic carbocycles. The molecule has 1 aromatic heterocycles. The van der Waals surface area contributed by atoms with Crippen molar-refractivity contribution in [1.82, 2.24) is 4.98 Å². The number of nitrogens with zero attached hydrogens (tertiary/aromatic N) is 1. The number of benzene rings is 1. The van der Waals surface area contributed by atoms with E-state index >= 15 is 0 Å². The van der Waals surface area contributed by atoms with Crippen LogP contribution in [0.15, 0.2) is 34.9 Å². The zero-order valence-electron chi connectivity index (χ0n) is 10.8. The average molecular weight is 362 g/mol. The molecule has 112 valence electrons. The molecule has 0 saturated heterocycles. The molecule has 0 aliphatic carbocycles. The summed E-state index contributed by atoms with van der Waals surface area (Å²) >= 11 is 3.10. The third kappa shape index (κ3) is 4.25. The number of aryl methyl sites for hydroxylation is 1. The summed E-state index contributed by atoms with van der Waals surface area (Å²) in [6.07, 6.45) is -3.25. The Hall–Kier alpha value is -1.96. The second kappa shape index (κ2) is 5.80. The number of nitrogen functional groups attached to an aromatic ring is 1. The molecule has 0 saturated carbocycles. The quantitative estimate of drug-likeness (QED) is 0.851. The fourth-order valence-corrected chi connectivity index (χ4v) is 1.89. The molecule has 2 rings (SSSR count). The first kappa shape index (κ1) is 15.4. The lowest BCUT2D eigenvalue weighted by Crippen LogP contribution is -2.18. The summed E-state index contributed by atoms with van der Waals surface area (Å²) in [5, 5.41) is 2.75. The van der Waals surface area contributed by atoms with Crippen molar-refractivity contribution in [3.63, 3.8) is 0 Å². The Morgan fingerprint density at radius 1 is 1.29 bits per heavy atom. The number of halogens is 4. The SMILES string of the molecule is Cc1cnc(Nc2ccc(Br)cc2OC(F)(F)F)cc1N. The fourth-order valence-electron chi connectivity index (χ4n) is 1.55. The Labute approximate surface area is 127 Å². The Morgan fingerprint density at radius 3 is 2.62 bits per heavy atom. The van der Waals surface area contributed by atoms with Gasteiger partial charge in [-0.1, -0.05) is 15.9 Å². The smallest absolute Gasteiger partial charge is 0.404 e. The number of nitrogens with two attached hydrogens (primary N) is 1. The normalized spacial score (nSPS) is 11.3. The molecule has 1 heterocycles. The van der Waals surface area contributed by atoms with E-state index in [1.165, 1.54) is 24.4 Å². The van der Waals surface area contributed by atoms with Crippen molar-refractivity contribution in [2.45, 2.75) is 13.3 Å². The number of anilines is 3. The molecule has 3 N–H and O–H groups in total. The number of nitrogens with one attached hydrogen (secondary N) is 1. The van der Waals surface area contributed by atoms with E-state index in [9.17, 15) is 13.2 Å². The third-order valence-electron chi connectivity index (χ3n) is 2.58. The Kier molecular flexibility index (Phi) is 4.26. The summed E-state index contributed by atoms with van der Waals surface area (Å²) in [6.45, 7) is 1.78. The van der Waals surface area contributed by atoms with Crippen molar-refractivity contribution in [2.24, 2.45) is 0 Å². The molecule has 0 aliphatic heterocycles. The lowest BCUT2D eigenvalue weighted by Gasteiger charge is -2.15. The van der Waals surface area contributed by atoms with Gasteiger partial charge in [0, 0.05) is 22.4 Å². The van der Waals surface area contributed by atoms with E-state index in [0.29, 0.717) is 16.0 Å². The van der Waals surface area contributed by atoms with Crippen molar-refractivity contribution in [3.8, 4) is 5.75 Å². The zero-order chi connectivity index (χ0) is 15.6. The molecule has 8 heteroatoms. The van der Waals surface area contributed by atoms with Gasteiger partial charge in [-0.3, -0.25) is 0 Å². The topological polar surface area (TPSA) is 60.2 Å². The highest BCUT2D eigenvalue weighted by Gasteiger charge is 2.32. The maximum absolute atomic E-state index is 12.4. The number of hydrogen-bond donors (Lipinski definition) is 2. The molecule has 0 fully saturated rings. The largest absolute Gasteiger partial charge is 0.573 e. The molecule has 21 heavy (non-hydrogen) atoms. The van der Waals surface area contributed by atoms with Gasteiger partial charge in [0.2, 0.25) is 0 Å². The Balaban J connectivity index is 2.32. The molecule has 0 unspecified atom stereocenters. The summed E-state index contributed by atoms with van der Waals surface area (Å²) in [4.78, 5) is 4.05. The monoisotopic (exact) mass is 361 g/mol. The minimum absolute atomic E-state index is 0.131. The van der Waals surface area contributed by atoms with E-state index in [2.05, 4.69) is 31.0 Å². The van der Waals surface area contributed by atoms with Crippen LogP contribution in [0.2, 0.25) is 0 Å². The fraction of sp³-hybridized carbons (Fsp3) is 0.154. The first-order chi connectivity index (χ1) is 9.74. The summed E-state index contributed by atoms with van der Waals surface area (Å²) in [5.74, 6) is -0.0368. The summed E-state index contributed by atoms with van der Waals surface area (Å²) in [5.41, 5.74) is 7.14. The van der Waals surface area contributed by atoms with Crippen molar-refractivity contribution in [3.05, 3.63) is 40.5 Å². The highest BCUT2D eigenvalue weighted by atomic mass is 79.9. The van der Waals surface area contributed by atoms with Crippen LogP contribution < -0.4 is 15.8 Å². The van der Waals surface area contributed by atoms with E-state index in [1.54, 1.807) is 13.0 Å². The number of alkyl halides is 3.